The van der Waals surface area contributed by atoms with Gasteiger partial charge in [0.25, 0.3) is 0 Å². The zero-order valence-corrected chi connectivity index (χ0v) is 20.1. The highest BCUT2D eigenvalue weighted by Gasteiger charge is 2.28. The molecule has 1 aromatic carbocycles. The second kappa shape index (κ2) is 8.36. The lowest BCUT2D eigenvalue weighted by molar-refractivity contribution is -0.115. The molecule has 1 saturated carbocycles. The normalized spacial score (nSPS) is 18.3. The molecule has 3 rings (SSSR count). The molecule has 164 valence electrons. The number of carbonyl (C=O) groups excluding carboxylic acids is 1. The SMILES string of the molecule is CC1=C(C(=O)CCc2cc(C(C)(C)C)c(O)c(C(C)(C)C)c2)CC(C2CCCC2)=C1. The number of hydrogen-bond donors (Lipinski definition) is 1. The maximum absolute atomic E-state index is 13.1. The predicted molar refractivity (Wildman–Crippen MR) is 126 cm³/mol. The zero-order chi connectivity index (χ0) is 22.3. The van der Waals surface area contributed by atoms with Gasteiger partial charge in [-0.05, 0) is 71.6 Å². The standard InChI is InChI=1S/C28H40O2/c1-18-14-21(20-10-8-9-11-20)17-22(18)25(29)13-12-19-15-23(27(2,3)4)26(30)24(16-19)28(5,6)7/h14-16,20,30H,8-13,17H2,1-7H3. The Morgan fingerprint density at radius 1 is 1.00 bits per heavy atom. The van der Waals surface area contributed by atoms with Crippen molar-refractivity contribution in [2.24, 2.45) is 5.92 Å². The van der Waals surface area contributed by atoms with Crippen molar-refractivity contribution in [3.63, 3.8) is 0 Å². The molecule has 0 heterocycles. The molecule has 2 heteroatoms. The molecule has 1 aromatic rings. The fraction of sp³-hybridized carbons (Fsp3) is 0.607. The van der Waals surface area contributed by atoms with Gasteiger partial charge in [0.2, 0.25) is 0 Å². The summed E-state index contributed by atoms with van der Waals surface area (Å²) >= 11 is 0. The van der Waals surface area contributed by atoms with Crippen molar-refractivity contribution in [3.05, 3.63) is 51.6 Å². The molecule has 0 spiro atoms. The number of aryl methyl sites for hydroxylation is 1. The topological polar surface area (TPSA) is 37.3 Å². The van der Waals surface area contributed by atoms with Crippen LogP contribution in [0.5, 0.6) is 5.75 Å². The number of phenolic OH excluding ortho intramolecular Hbond substituents is 1. The summed E-state index contributed by atoms with van der Waals surface area (Å²) in [6.45, 7) is 14.9. The second-order valence-electron chi connectivity index (χ2n) is 11.5. The minimum absolute atomic E-state index is 0.144. The third-order valence-electron chi connectivity index (χ3n) is 6.90. The molecule has 1 N–H and O–H groups in total. The molecule has 30 heavy (non-hydrogen) atoms. The van der Waals surface area contributed by atoms with E-state index in [2.05, 4.69) is 66.7 Å². The van der Waals surface area contributed by atoms with Crippen molar-refractivity contribution in [3.8, 4) is 5.75 Å². The van der Waals surface area contributed by atoms with Gasteiger partial charge in [-0.2, -0.15) is 0 Å². The Bertz CT molecular complexity index is 843. The van der Waals surface area contributed by atoms with Crippen molar-refractivity contribution < 1.29 is 9.90 Å². The number of ketones is 1. The Balaban J connectivity index is 1.75. The van der Waals surface area contributed by atoms with E-state index in [4.69, 9.17) is 0 Å². The average molecular weight is 409 g/mol. The van der Waals surface area contributed by atoms with Crippen molar-refractivity contribution in [2.45, 2.75) is 104 Å². The highest BCUT2D eigenvalue weighted by Crippen LogP contribution is 2.41. The van der Waals surface area contributed by atoms with Crippen molar-refractivity contribution in [1.82, 2.24) is 0 Å². The van der Waals surface area contributed by atoms with Crippen molar-refractivity contribution >= 4 is 5.78 Å². The molecule has 0 aromatic heterocycles. The second-order valence-corrected chi connectivity index (χ2v) is 11.5. The molecular formula is C28H40O2. The maximum atomic E-state index is 13.1. The zero-order valence-electron chi connectivity index (χ0n) is 20.1. The van der Waals surface area contributed by atoms with Crippen LogP contribution < -0.4 is 0 Å². The maximum Gasteiger partial charge on any atom is 0.159 e. The molecule has 0 aliphatic heterocycles. The Labute approximate surface area is 183 Å². The number of Topliss-reactive ketones (excluding diaryl/α,β-unsaturated/α-hetero) is 1. The van der Waals surface area contributed by atoms with E-state index in [1.54, 1.807) is 0 Å². The fourth-order valence-electron chi connectivity index (χ4n) is 5.03. The summed E-state index contributed by atoms with van der Waals surface area (Å²) in [6, 6.07) is 4.21. The molecule has 0 unspecified atom stereocenters. The van der Waals surface area contributed by atoms with Crippen LogP contribution in [0.15, 0.2) is 34.9 Å². The van der Waals surface area contributed by atoms with E-state index in [9.17, 15) is 9.90 Å². The van der Waals surface area contributed by atoms with Crippen LogP contribution in [0.3, 0.4) is 0 Å². The van der Waals surface area contributed by atoms with Gasteiger partial charge in [-0.1, -0.05) is 78.2 Å². The molecular weight excluding hydrogens is 368 g/mol. The minimum atomic E-state index is -0.144. The van der Waals surface area contributed by atoms with Gasteiger partial charge in [0, 0.05) is 12.0 Å². The van der Waals surface area contributed by atoms with Crippen LogP contribution in [-0.2, 0) is 22.0 Å². The van der Waals surface area contributed by atoms with Crippen LogP contribution in [0.4, 0.5) is 0 Å². The number of phenols is 1. The molecule has 0 amide bonds. The summed E-state index contributed by atoms with van der Waals surface area (Å²) in [5, 5.41) is 10.9. The first kappa shape index (κ1) is 22.8. The van der Waals surface area contributed by atoms with Gasteiger partial charge in [0.1, 0.15) is 5.75 Å². The molecule has 2 aliphatic rings. The summed E-state index contributed by atoms with van der Waals surface area (Å²) in [4.78, 5) is 13.1. The van der Waals surface area contributed by atoms with E-state index in [1.807, 2.05) is 0 Å². The van der Waals surface area contributed by atoms with Gasteiger partial charge in [0.05, 0.1) is 0 Å². The lowest BCUT2D eigenvalue weighted by Crippen LogP contribution is -2.18. The number of benzene rings is 1. The number of aromatic hydroxyl groups is 1. The van der Waals surface area contributed by atoms with Crippen LogP contribution >= 0.6 is 0 Å². The van der Waals surface area contributed by atoms with Gasteiger partial charge < -0.3 is 5.11 Å². The molecule has 2 nitrogen and oxygen atoms in total. The lowest BCUT2D eigenvalue weighted by Gasteiger charge is -2.28. The summed E-state index contributed by atoms with van der Waals surface area (Å²) in [7, 11) is 0. The molecule has 0 radical (unpaired) electrons. The molecule has 0 saturated heterocycles. The summed E-state index contributed by atoms with van der Waals surface area (Å²) in [5.74, 6) is 1.40. The highest BCUT2D eigenvalue weighted by atomic mass is 16.3. The van der Waals surface area contributed by atoms with Gasteiger partial charge in [0.15, 0.2) is 5.78 Å². The van der Waals surface area contributed by atoms with E-state index >= 15 is 0 Å². The Kier molecular flexibility index (Phi) is 6.37. The Hall–Kier alpha value is -1.83. The number of hydrogen-bond acceptors (Lipinski definition) is 2. The van der Waals surface area contributed by atoms with Crippen LogP contribution in [0, 0.1) is 5.92 Å². The first-order chi connectivity index (χ1) is 13.9. The van der Waals surface area contributed by atoms with Gasteiger partial charge >= 0.3 is 0 Å². The number of allylic oxidation sites excluding steroid dienone is 4. The molecule has 1 fully saturated rings. The first-order valence-electron chi connectivity index (χ1n) is 11.7. The fourth-order valence-corrected chi connectivity index (χ4v) is 5.03. The van der Waals surface area contributed by atoms with Crippen LogP contribution in [0.1, 0.15) is 104 Å². The highest BCUT2D eigenvalue weighted by molar-refractivity contribution is 5.98. The van der Waals surface area contributed by atoms with Crippen LogP contribution in [-0.4, -0.2) is 10.9 Å². The lowest BCUT2D eigenvalue weighted by atomic mass is 9.78. The van der Waals surface area contributed by atoms with E-state index in [1.165, 1.54) is 36.8 Å². The first-order valence-corrected chi connectivity index (χ1v) is 11.7. The van der Waals surface area contributed by atoms with Gasteiger partial charge in [-0.15, -0.1) is 0 Å². The average Bonchev–Trinajstić information content (AvgIpc) is 3.28. The molecule has 0 bridgehead atoms. The largest absolute Gasteiger partial charge is 0.507 e. The monoisotopic (exact) mass is 408 g/mol. The summed E-state index contributed by atoms with van der Waals surface area (Å²) in [5.41, 5.74) is 6.50. The van der Waals surface area contributed by atoms with Gasteiger partial charge in [-0.25, -0.2) is 0 Å². The summed E-state index contributed by atoms with van der Waals surface area (Å²) in [6.07, 6.45) is 9.66. The van der Waals surface area contributed by atoms with E-state index < -0.39 is 0 Å². The van der Waals surface area contributed by atoms with Gasteiger partial charge in [-0.3, -0.25) is 4.79 Å². The Morgan fingerprint density at radius 2 is 1.53 bits per heavy atom. The summed E-state index contributed by atoms with van der Waals surface area (Å²) < 4.78 is 0. The number of carbonyl (C=O) groups is 1. The smallest absolute Gasteiger partial charge is 0.159 e. The molecule has 0 atom stereocenters. The van der Waals surface area contributed by atoms with Crippen molar-refractivity contribution in [1.29, 1.82) is 0 Å². The van der Waals surface area contributed by atoms with E-state index in [-0.39, 0.29) is 10.8 Å². The third-order valence-corrected chi connectivity index (χ3v) is 6.90. The Morgan fingerprint density at radius 3 is 2.03 bits per heavy atom. The van der Waals surface area contributed by atoms with E-state index in [0.29, 0.717) is 23.9 Å². The minimum Gasteiger partial charge on any atom is -0.507 e. The number of rotatable bonds is 5. The van der Waals surface area contributed by atoms with Crippen LogP contribution in [0.25, 0.3) is 0 Å². The predicted octanol–water partition coefficient (Wildman–Crippen LogP) is 7.33. The van der Waals surface area contributed by atoms with E-state index in [0.717, 1.165) is 35.1 Å². The third kappa shape index (κ3) is 4.90. The molecule has 2 aliphatic carbocycles. The van der Waals surface area contributed by atoms with Crippen molar-refractivity contribution in [2.75, 3.05) is 0 Å². The van der Waals surface area contributed by atoms with Crippen LogP contribution in [0.2, 0.25) is 0 Å². The quantitative estimate of drug-likeness (QED) is 0.554.